The van der Waals surface area contributed by atoms with Crippen molar-refractivity contribution in [2.75, 3.05) is 0 Å². The van der Waals surface area contributed by atoms with E-state index in [1.807, 2.05) is 11.1 Å². The molecular formula is C10H10. The largest absolute Gasteiger partial charge is 0.0633 e. The molecule has 0 spiro atoms. The fourth-order valence-corrected chi connectivity index (χ4v) is 5.30. The van der Waals surface area contributed by atoms with Gasteiger partial charge in [-0.2, -0.15) is 0 Å². The van der Waals surface area contributed by atoms with Crippen LogP contribution in [0.4, 0.5) is 0 Å². The molecule has 0 saturated heterocycles. The molecule has 0 aliphatic heterocycles. The number of allylic oxidation sites excluding steroid dienone is 2. The zero-order valence-electron chi connectivity index (χ0n) is 5.88. The minimum Gasteiger partial charge on any atom is -0.0633 e. The van der Waals surface area contributed by atoms with Crippen molar-refractivity contribution in [3.05, 3.63) is 11.1 Å². The number of rotatable bonds is 0. The molecule has 6 aliphatic rings. The minimum absolute atomic E-state index is 1.15. The molecule has 0 aromatic rings. The van der Waals surface area contributed by atoms with Gasteiger partial charge in [-0.25, -0.2) is 0 Å². The maximum atomic E-state index is 2.00. The van der Waals surface area contributed by atoms with Gasteiger partial charge in [0.1, 0.15) is 0 Å². The second kappa shape index (κ2) is 0.790. The molecule has 4 bridgehead atoms. The summed E-state index contributed by atoms with van der Waals surface area (Å²) in [6.07, 6.45) is 3.22. The van der Waals surface area contributed by atoms with Crippen molar-refractivity contribution >= 4 is 0 Å². The molecule has 6 atom stereocenters. The van der Waals surface area contributed by atoms with Gasteiger partial charge in [0, 0.05) is 0 Å². The summed E-state index contributed by atoms with van der Waals surface area (Å²) < 4.78 is 0. The van der Waals surface area contributed by atoms with Crippen LogP contribution >= 0.6 is 0 Å². The Bertz CT molecular complexity index is 291. The van der Waals surface area contributed by atoms with Crippen LogP contribution < -0.4 is 0 Å². The van der Waals surface area contributed by atoms with Gasteiger partial charge in [-0.15, -0.1) is 0 Å². The van der Waals surface area contributed by atoms with Crippen molar-refractivity contribution in [1.82, 2.24) is 0 Å². The van der Waals surface area contributed by atoms with Gasteiger partial charge in [-0.3, -0.25) is 0 Å². The highest BCUT2D eigenvalue weighted by atomic mass is 14.8. The molecule has 0 aromatic carbocycles. The van der Waals surface area contributed by atoms with Crippen LogP contribution in [0.1, 0.15) is 12.8 Å². The van der Waals surface area contributed by atoms with Gasteiger partial charge >= 0.3 is 0 Å². The molecule has 0 heterocycles. The van der Waals surface area contributed by atoms with Crippen molar-refractivity contribution in [2.45, 2.75) is 12.8 Å². The summed E-state index contributed by atoms with van der Waals surface area (Å²) in [6, 6.07) is 0. The highest BCUT2D eigenvalue weighted by Gasteiger charge is 2.77. The molecule has 50 valence electrons. The van der Waals surface area contributed by atoms with Crippen molar-refractivity contribution in [2.24, 2.45) is 35.5 Å². The summed E-state index contributed by atoms with van der Waals surface area (Å²) in [5, 5.41) is 0. The van der Waals surface area contributed by atoms with E-state index in [2.05, 4.69) is 0 Å². The summed E-state index contributed by atoms with van der Waals surface area (Å²) in [5.41, 5.74) is 4.00. The molecular weight excluding hydrogens is 120 g/mol. The van der Waals surface area contributed by atoms with Gasteiger partial charge in [0.05, 0.1) is 0 Å². The van der Waals surface area contributed by atoms with Gasteiger partial charge in [0.25, 0.3) is 0 Å². The normalized spacial score (nSPS) is 76.8. The predicted octanol–water partition coefficient (Wildman–Crippen LogP) is 1.83. The average molecular weight is 130 g/mol. The standard InChI is InChI=1S/C10H10/c1-3-4-2-6-7(3)9-5(1)8(4)10(6)9/h3-7,9H,1-2H2. The van der Waals surface area contributed by atoms with Crippen LogP contribution in [0.15, 0.2) is 11.1 Å². The van der Waals surface area contributed by atoms with Crippen molar-refractivity contribution in [3.8, 4) is 0 Å². The van der Waals surface area contributed by atoms with Crippen LogP contribution in [0, 0.1) is 35.5 Å². The van der Waals surface area contributed by atoms with E-state index in [1.54, 1.807) is 12.8 Å². The molecule has 0 radical (unpaired) electrons. The number of hydrogen-bond acceptors (Lipinski definition) is 0. The molecule has 0 heteroatoms. The highest BCUT2D eigenvalue weighted by Crippen LogP contribution is 2.85. The maximum absolute atomic E-state index is 2.00. The first-order valence-electron chi connectivity index (χ1n) is 4.70. The maximum Gasteiger partial charge on any atom is -0.00945 e. The lowest BCUT2D eigenvalue weighted by molar-refractivity contribution is 0.133. The van der Waals surface area contributed by atoms with E-state index in [0.29, 0.717) is 0 Å². The van der Waals surface area contributed by atoms with Crippen LogP contribution in [0.2, 0.25) is 0 Å². The summed E-state index contributed by atoms with van der Waals surface area (Å²) in [5.74, 6) is 7.11. The third-order valence-corrected chi connectivity index (χ3v) is 5.25. The smallest absolute Gasteiger partial charge is 0.00945 e. The lowest BCUT2D eigenvalue weighted by Gasteiger charge is -2.54. The second-order valence-electron chi connectivity index (χ2n) is 4.97. The summed E-state index contributed by atoms with van der Waals surface area (Å²) in [6.45, 7) is 0. The van der Waals surface area contributed by atoms with Crippen LogP contribution in [-0.2, 0) is 0 Å². The molecule has 6 unspecified atom stereocenters. The Hall–Kier alpha value is -0.260. The Labute approximate surface area is 60.3 Å². The zero-order valence-corrected chi connectivity index (χ0v) is 5.88. The van der Waals surface area contributed by atoms with E-state index in [1.165, 1.54) is 17.8 Å². The van der Waals surface area contributed by atoms with Crippen molar-refractivity contribution in [3.63, 3.8) is 0 Å². The van der Waals surface area contributed by atoms with Gasteiger partial charge in [-0.05, 0) is 48.3 Å². The summed E-state index contributed by atoms with van der Waals surface area (Å²) in [4.78, 5) is 0. The SMILES string of the molecule is C1C2C3=C4C1C1C2CC3C41. The zero-order chi connectivity index (χ0) is 6.03. The van der Waals surface area contributed by atoms with Gasteiger partial charge < -0.3 is 0 Å². The molecule has 6 rings (SSSR count). The van der Waals surface area contributed by atoms with E-state index >= 15 is 0 Å². The van der Waals surface area contributed by atoms with Gasteiger partial charge in [0.15, 0.2) is 0 Å². The lowest BCUT2D eigenvalue weighted by Crippen LogP contribution is -2.47. The fraction of sp³-hybridized carbons (Fsp3) is 0.800. The molecule has 0 amide bonds. The Kier molecular flexibility index (Phi) is 0.311. The number of hydrogen-bond donors (Lipinski definition) is 0. The Morgan fingerprint density at radius 1 is 0.900 bits per heavy atom. The third kappa shape index (κ3) is 0.154. The van der Waals surface area contributed by atoms with Crippen LogP contribution in [0.3, 0.4) is 0 Å². The van der Waals surface area contributed by atoms with E-state index in [9.17, 15) is 0 Å². The van der Waals surface area contributed by atoms with Crippen LogP contribution in [-0.4, -0.2) is 0 Å². The van der Waals surface area contributed by atoms with E-state index in [0.717, 1.165) is 17.8 Å². The second-order valence-corrected chi connectivity index (χ2v) is 4.97. The third-order valence-electron chi connectivity index (χ3n) is 5.25. The molecule has 6 aliphatic carbocycles. The Morgan fingerprint density at radius 3 is 2.60 bits per heavy atom. The molecule has 4 saturated carbocycles. The first kappa shape index (κ1) is 3.94. The van der Waals surface area contributed by atoms with Crippen molar-refractivity contribution in [1.29, 1.82) is 0 Å². The van der Waals surface area contributed by atoms with Crippen LogP contribution in [0.25, 0.3) is 0 Å². The Morgan fingerprint density at radius 2 is 1.90 bits per heavy atom. The Balaban J connectivity index is 2.08. The summed E-state index contributed by atoms with van der Waals surface area (Å²) in [7, 11) is 0. The lowest BCUT2D eigenvalue weighted by atomic mass is 9.50. The molecule has 0 N–H and O–H groups in total. The van der Waals surface area contributed by atoms with Gasteiger partial charge in [0.2, 0.25) is 0 Å². The first-order chi connectivity index (χ1) is 4.97. The van der Waals surface area contributed by atoms with Gasteiger partial charge in [-0.1, -0.05) is 11.1 Å². The van der Waals surface area contributed by atoms with Crippen molar-refractivity contribution < 1.29 is 0 Å². The molecule has 4 fully saturated rings. The topological polar surface area (TPSA) is 0 Å². The predicted molar refractivity (Wildman–Crippen MR) is 37.2 cm³/mol. The monoisotopic (exact) mass is 130 g/mol. The molecule has 0 aromatic heterocycles. The summed E-state index contributed by atoms with van der Waals surface area (Å²) >= 11 is 0. The highest BCUT2D eigenvalue weighted by molar-refractivity contribution is 5.56. The first-order valence-corrected chi connectivity index (χ1v) is 4.70. The quantitative estimate of drug-likeness (QED) is 0.439. The fourth-order valence-electron chi connectivity index (χ4n) is 5.30. The average Bonchev–Trinajstić information content (AvgIpc) is 2.32. The van der Waals surface area contributed by atoms with E-state index < -0.39 is 0 Å². The molecule has 0 nitrogen and oxygen atoms in total. The molecule has 10 heavy (non-hydrogen) atoms. The minimum atomic E-state index is 1.15. The van der Waals surface area contributed by atoms with Crippen LogP contribution in [0.5, 0.6) is 0 Å². The van der Waals surface area contributed by atoms with E-state index in [-0.39, 0.29) is 0 Å². The van der Waals surface area contributed by atoms with E-state index in [4.69, 9.17) is 0 Å².